The molecule has 3 heterocycles. The van der Waals surface area contributed by atoms with E-state index in [-0.39, 0.29) is 0 Å². The first-order valence-corrected chi connectivity index (χ1v) is 15.1. The highest BCUT2D eigenvalue weighted by molar-refractivity contribution is 6.24. The minimum atomic E-state index is 0.619. The molecule has 45 heavy (non-hydrogen) atoms. The van der Waals surface area contributed by atoms with Gasteiger partial charge in [0.2, 0.25) is 0 Å². The van der Waals surface area contributed by atoms with Gasteiger partial charge >= 0.3 is 0 Å². The quantitative estimate of drug-likeness (QED) is 0.208. The summed E-state index contributed by atoms with van der Waals surface area (Å²) in [5.74, 6) is 1.89. The molecular formula is C40H26N4O. The Morgan fingerprint density at radius 3 is 1.71 bits per heavy atom. The van der Waals surface area contributed by atoms with Gasteiger partial charge in [0.15, 0.2) is 17.5 Å². The van der Waals surface area contributed by atoms with Gasteiger partial charge < -0.3 is 8.98 Å². The van der Waals surface area contributed by atoms with Crippen LogP contribution in [0.5, 0.6) is 0 Å². The lowest BCUT2D eigenvalue weighted by Gasteiger charge is -2.10. The van der Waals surface area contributed by atoms with Gasteiger partial charge in [-0.3, -0.25) is 0 Å². The largest absolute Gasteiger partial charge is 0.455 e. The molecule has 0 radical (unpaired) electrons. The Morgan fingerprint density at radius 2 is 1.02 bits per heavy atom. The predicted molar refractivity (Wildman–Crippen MR) is 182 cm³/mol. The highest BCUT2D eigenvalue weighted by Crippen LogP contribution is 2.42. The van der Waals surface area contributed by atoms with Crippen LogP contribution in [0.25, 0.3) is 83.6 Å². The number of aromatic nitrogens is 4. The van der Waals surface area contributed by atoms with E-state index in [1.807, 2.05) is 66.7 Å². The second kappa shape index (κ2) is 10.00. The summed E-state index contributed by atoms with van der Waals surface area (Å²) in [5, 5.41) is 4.44. The van der Waals surface area contributed by atoms with Gasteiger partial charge in [0.05, 0.1) is 16.4 Å². The number of hydrogen-bond acceptors (Lipinski definition) is 4. The smallest absolute Gasteiger partial charge is 0.164 e. The van der Waals surface area contributed by atoms with Crippen LogP contribution >= 0.6 is 0 Å². The van der Waals surface area contributed by atoms with E-state index in [4.69, 9.17) is 19.4 Å². The second-order valence-electron chi connectivity index (χ2n) is 11.3. The van der Waals surface area contributed by atoms with Gasteiger partial charge in [-0.2, -0.15) is 0 Å². The van der Waals surface area contributed by atoms with Crippen molar-refractivity contribution in [1.29, 1.82) is 0 Å². The molecule has 0 N–H and O–H groups in total. The number of furan rings is 1. The zero-order chi connectivity index (χ0) is 29.9. The molecule has 0 saturated carbocycles. The number of benzene rings is 6. The van der Waals surface area contributed by atoms with Crippen molar-refractivity contribution in [3.63, 3.8) is 0 Å². The van der Waals surface area contributed by atoms with Crippen LogP contribution in [0.15, 0.2) is 144 Å². The van der Waals surface area contributed by atoms with E-state index in [1.165, 1.54) is 0 Å². The van der Waals surface area contributed by atoms with Gasteiger partial charge in [0, 0.05) is 44.1 Å². The third-order valence-corrected chi connectivity index (χ3v) is 8.65. The molecule has 9 aromatic rings. The van der Waals surface area contributed by atoms with Gasteiger partial charge in [0.25, 0.3) is 0 Å². The van der Waals surface area contributed by atoms with Crippen molar-refractivity contribution in [3.05, 3.63) is 145 Å². The van der Waals surface area contributed by atoms with Crippen molar-refractivity contribution in [2.75, 3.05) is 0 Å². The molecule has 0 atom stereocenters. The Labute approximate surface area is 259 Å². The molecule has 212 valence electrons. The molecule has 0 saturated heterocycles. The molecular weight excluding hydrogens is 552 g/mol. The van der Waals surface area contributed by atoms with E-state index in [2.05, 4.69) is 84.3 Å². The Hall–Kier alpha value is -6.07. The van der Waals surface area contributed by atoms with Crippen LogP contribution in [-0.2, 0) is 0 Å². The predicted octanol–water partition coefficient (Wildman–Crippen LogP) is 10.2. The molecule has 5 nitrogen and oxygen atoms in total. The summed E-state index contributed by atoms with van der Waals surface area (Å²) in [6, 6.07) is 47.8. The number of fused-ring (bicyclic) bond motifs is 7. The molecule has 0 aliphatic rings. The summed E-state index contributed by atoms with van der Waals surface area (Å²) in [5.41, 5.74) is 8.91. The molecule has 0 aliphatic heterocycles. The van der Waals surface area contributed by atoms with Crippen molar-refractivity contribution in [2.45, 2.75) is 6.92 Å². The molecule has 0 amide bonds. The summed E-state index contributed by atoms with van der Waals surface area (Å²) >= 11 is 0. The molecule has 0 aliphatic carbocycles. The molecule has 5 heteroatoms. The standard InChI is InChI=1S/C40H26N4O/c1-25-29(40-42-38(26-13-5-2-6-14-26)41-39(43-40)27-15-7-3-8-16-27)21-22-30-31-23-24-34-35(37(31)45-36(25)30)32-19-11-12-20-33(32)44(34)28-17-9-4-10-18-28/h2-24H,1H3. The van der Waals surface area contributed by atoms with Gasteiger partial charge in [0.1, 0.15) is 11.2 Å². The van der Waals surface area contributed by atoms with E-state index in [0.717, 1.165) is 71.7 Å². The molecule has 3 aromatic heterocycles. The topological polar surface area (TPSA) is 56.7 Å². The van der Waals surface area contributed by atoms with Crippen LogP contribution in [0.3, 0.4) is 0 Å². The van der Waals surface area contributed by atoms with Crippen molar-refractivity contribution in [2.24, 2.45) is 0 Å². The number of para-hydroxylation sites is 2. The van der Waals surface area contributed by atoms with Gasteiger partial charge in [-0.05, 0) is 43.3 Å². The van der Waals surface area contributed by atoms with E-state index in [0.29, 0.717) is 17.5 Å². The van der Waals surface area contributed by atoms with E-state index >= 15 is 0 Å². The fraction of sp³-hybridized carbons (Fsp3) is 0.0250. The van der Waals surface area contributed by atoms with Crippen molar-refractivity contribution in [3.8, 4) is 39.9 Å². The lowest BCUT2D eigenvalue weighted by Crippen LogP contribution is -2.01. The monoisotopic (exact) mass is 578 g/mol. The van der Waals surface area contributed by atoms with E-state index in [9.17, 15) is 0 Å². The second-order valence-corrected chi connectivity index (χ2v) is 11.3. The van der Waals surface area contributed by atoms with Crippen LogP contribution in [0.4, 0.5) is 0 Å². The third-order valence-electron chi connectivity index (χ3n) is 8.65. The minimum Gasteiger partial charge on any atom is -0.455 e. The van der Waals surface area contributed by atoms with Crippen LogP contribution in [0, 0.1) is 6.92 Å². The molecule has 0 fully saturated rings. The molecule has 0 bridgehead atoms. The van der Waals surface area contributed by atoms with E-state index in [1.54, 1.807) is 0 Å². The normalized spacial score (nSPS) is 11.7. The first-order chi connectivity index (χ1) is 22.2. The summed E-state index contributed by atoms with van der Waals surface area (Å²) in [4.78, 5) is 14.8. The number of nitrogens with zero attached hydrogens (tertiary/aromatic N) is 4. The fourth-order valence-electron chi connectivity index (χ4n) is 6.51. The zero-order valence-corrected chi connectivity index (χ0v) is 24.5. The Morgan fingerprint density at radius 1 is 0.467 bits per heavy atom. The Balaban J connectivity index is 1.29. The minimum absolute atomic E-state index is 0.619. The lowest BCUT2D eigenvalue weighted by molar-refractivity contribution is 0.670. The average molecular weight is 579 g/mol. The highest BCUT2D eigenvalue weighted by Gasteiger charge is 2.21. The average Bonchev–Trinajstić information content (AvgIpc) is 3.66. The molecule has 0 unspecified atom stereocenters. The molecule has 6 aromatic carbocycles. The number of rotatable bonds is 4. The maximum atomic E-state index is 6.86. The van der Waals surface area contributed by atoms with Gasteiger partial charge in [-0.25, -0.2) is 15.0 Å². The zero-order valence-electron chi connectivity index (χ0n) is 24.5. The van der Waals surface area contributed by atoms with Gasteiger partial charge in [-0.1, -0.05) is 103 Å². The Bertz CT molecular complexity index is 2470. The fourth-order valence-corrected chi connectivity index (χ4v) is 6.51. The lowest BCUT2D eigenvalue weighted by atomic mass is 10.0. The van der Waals surface area contributed by atoms with Crippen LogP contribution in [0.1, 0.15) is 5.56 Å². The first-order valence-electron chi connectivity index (χ1n) is 15.1. The maximum absolute atomic E-state index is 6.86. The molecule has 9 rings (SSSR count). The van der Waals surface area contributed by atoms with Crippen molar-refractivity contribution in [1.82, 2.24) is 19.5 Å². The Kier molecular flexibility index (Phi) is 5.65. The summed E-state index contributed by atoms with van der Waals surface area (Å²) < 4.78 is 9.18. The van der Waals surface area contributed by atoms with Crippen LogP contribution in [-0.4, -0.2) is 19.5 Å². The summed E-state index contributed by atoms with van der Waals surface area (Å²) in [6.07, 6.45) is 0. The number of aryl methyl sites for hydroxylation is 1. The summed E-state index contributed by atoms with van der Waals surface area (Å²) in [7, 11) is 0. The first kappa shape index (κ1) is 25.4. The maximum Gasteiger partial charge on any atom is 0.164 e. The molecule has 0 spiro atoms. The van der Waals surface area contributed by atoms with Gasteiger partial charge in [-0.15, -0.1) is 0 Å². The van der Waals surface area contributed by atoms with Crippen molar-refractivity contribution >= 4 is 43.7 Å². The highest BCUT2D eigenvalue weighted by atomic mass is 16.3. The van der Waals surface area contributed by atoms with Crippen LogP contribution in [0.2, 0.25) is 0 Å². The van der Waals surface area contributed by atoms with Crippen molar-refractivity contribution < 1.29 is 4.42 Å². The third kappa shape index (κ3) is 3.98. The van der Waals surface area contributed by atoms with E-state index < -0.39 is 0 Å². The van der Waals surface area contributed by atoms with Crippen LogP contribution < -0.4 is 0 Å². The SMILES string of the molecule is Cc1c(-c2nc(-c3ccccc3)nc(-c3ccccc3)n2)ccc2c1oc1c2ccc2c1c1ccccc1n2-c1ccccc1. The number of hydrogen-bond donors (Lipinski definition) is 0. The summed E-state index contributed by atoms with van der Waals surface area (Å²) in [6.45, 7) is 2.10.